The fourth-order valence-electron chi connectivity index (χ4n) is 0.144. The Labute approximate surface area is 65.8 Å². The van der Waals surface area contributed by atoms with E-state index in [1.807, 2.05) is 6.92 Å². The van der Waals surface area contributed by atoms with E-state index in [0.717, 1.165) is 12.8 Å². The molecule has 0 saturated heterocycles. The molecule has 3 heteroatoms. The minimum Gasteiger partial charge on any atom is -1.00 e. The van der Waals surface area contributed by atoms with Crippen LogP contribution < -0.4 is 17.5 Å². The molecule has 0 radical (unpaired) electrons. The van der Waals surface area contributed by atoms with Crippen molar-refractivity contribution < 1.29 is 39.2 Å². The Kier molecular flexibility index (Phi) is 35.3. The third-order valence-corrected chi connectivity index (χ3v) is 0.498. The van der Waals surface area contributed by atoms with E-state index in [0.29, 0.717) is 0 Å². The summed E-state index contributed by atoms with van der Waals surface area (Å²) in [5.41, 5.74) is 0. The summed E-state index contributed by atoms with van der Waals surface area (Å²) >= 11 is 0. The molecule has 0 heterocycles. The normalized spacial score (nSPS) is 6.00. The van der Waals surface area contributed by atoms with E-state index < -0.39 is 0 Å². The van der Waals surface area contributed by atoms with E-state index in [1.165, 1.54) is 0 Å². The summed E-state index contributed by atoms with van der Waals surface area (Å²) in [7, 11) is 0. The molecule has 0 aliphatic carbocycles. The summed E-state index contributed by atoms with van der Waals surface area (Å²) in [4.78, 5) is 0. The van der Waals surface area contributed by atoms with Gasteiger partial charge in [-0.2, -0.15) is 0 Å². The second-order valence-corrected chi connectivity index (χ2v) is 1.06. The van der Waals surface area contributed by atoms with Gasteiger partial charge in [-0.15, -0.1) is 6.61 Å². The van der Waals surface area contributed by atoms with Crippen LogP contribution in [0.15, 0.2) is 0 Å². The van der Waals surface area contributed by atoms with Gasteiger partial charge in [-0.1, -0.05) is 19.8 Å². The number of hydrogen-bond acceptors (Lipinski definition) is 1. The van der Waals surface area contributed by atoms with Gasteiger partial charge in [0.25, 0.3) is 0 Å². The Morgan fingerprint density at radius 2 is 1.86 bits per heavy atom. The minimum atomic E-state index is 0. The fraction of sp³-hybridized carbons (Fsp3) is 1.00. The van der Waals surface area contributed by atoms with Gasteiger partial charge in [-0.3, -0.25) is 0 Å². The maximum Gasteiger partial charge on any atom is 2.00 e. The molecule has 0 amide bonds. The van der Waals surface area contributed by atoms with E-state index in [1.54, 1.807) is 0 Å². The first-order valence-corrected chi connectivity index (χ1v) is 2.00. The van der Waals surface area contributed by atoms with Crippen molar-refractivity contribution in [2.24, 2.45) is 0 Å². The van der Waals surface area contributed by atoms with Gasteiger partial charge in [0.05, 0.1) is 0 Å². The van der Waals surface area contributed by atoms with Crippen LogP contribution in [0.4, 0.5) is 0 Å². The average Bonchev–Trinajstić information content (AvgIpc) is 1.41. The van der Waals surface area contributed by atoms with Crippen LogP contribution in [0.5, 0.6) is 0 Å². The monoisotopic (exact) mass is 156 g/mol. The molecule has 7 heavy (non-hydrogen) atoms. The van der Waals surface area contributed by atoms with Crippen LogP contribution in [0, 0.1) is 0 Å². The van der Waals surface area contributed by atoms with Crippen molar-refractivity contribution in [2.45, 2.75) is 19.8 Å². The molecule has 0 saturated carbocycles. The van der Waals surface area contributed by atoms with Crippen molar-refractivity contribution in [2.75, 3.05) is 6.61 Å². The maximum atomic E-state index is 9.53. The molecule has 0 N–H and O–H groups in total. The van der Waals surface area contributed by atoms with Crippen LogP contribution in [-0.4, -0.2) is 6.61 Å². The van der Waals surface area contributed by atoms with Crippen LogP contribution in [-0.2, 0) is 21.7 Å². The molecular formula is C4H9ClOTi. The standard InChI is InChI=1S/C4H9O.ClH.Ti/c1-2-3-4-5;;/h2-4H2,1H3;1H;/q-1;;+2/p-1. The second kappa shape index (κ2) is 15.8. The van der Waals surface area contributed by atoms with Crippen molar-refractivity contribution >= 4 is 0 Å². The molecule has 0 atom stereocenters. The Hall–Kier alpha value is 0.964. The summed E-state index contributed by atoms with van der Waals surface area (Å²) in [5.74, 6) is 0. The van der Waals surface area contributed by atoms with E-state index in [4.69, 9.17) is 0 Å². The molecule has 0 fully saturated rings. The van der Waals surface area contributed by atoms with E-state index in [-0.39, 0.29) is 40.7 Å². The first-order chi connectivity index (χ1) is 2.41. The smallest absolute Gasteiger partial charge is 1.00 e. The van der Waals surface area contributed by atoms with E-state index in [2.05, 4.69) is 0 Å². The van der Waals surface area contributed by atoms with Crippen LogP contribution >= 0.6 is 0 Å². The molecule has 42 valence electrons. The fourth-order valence-corrected chi connectivity index (χ4v) is 0.144. The SMILES string of the molecule is CCCC[O-].[Cl-].[Ti+2]. The van der Waals surface area contributed by atoms with Gasteiger partial charge in [0.15, 0.2) is 0 Å². The molecule has 0 rings (SSSR count). The van der Waals surface area contributed by atoms with E-state index >= 15 is 0 Å². The van der Waals surface area contributed by atoms with Crippen LogP contribution in [0.25, 0.3) is 0 Å². The van der Waals surface area contributed by atoms with Gasteiger partial charge in [0, 0.05) is 0 Å². The van der Waals surface area contributed by atoms with Gasteiger partial charge in [-0.05, 0) is 0 Å². The van der Waals surface area contributed by atoms with Crippen molar-refractivity contribution in [3.63, 3.8) is 0 Å². The number of rotatable bonds is 2. The molecule has 0 aromatic heterocycles. The molecule has 0 spiro atoms. The molecular weight excluding hydrogens is 147 g/mol. The van der Waals surface area contributed by atoms with Gasteiger partial charge < -0.3 is 17.5 Å². The minimum absolute atomic E-state index is 0. The Morgan fingerprint density at radius 3 is 1.86 bits per heavy atom. The van der Waals surface area contributed by atoms with Crippen molar-refractivity contribution in [3.05, 3.63) is 0 Å². The predicted molar refractivity (Wildman–Crippen MR) is 19.8 cm³/mol. The summed E-state index contributed by atoms with van der Waals surface area (Å²) < 4.78 is 0. The molecule has 0 unspecified atom stereocenters. The van der Waals surface area contributed by atoms with Crippen molar-refractivity contribution in [3.8, 4) is 0 Å². The first-order valence-electron chi connectivity index (χ1n) is 2.00. The number of halogens is 1. The van der Waals surface area contributed by atoms with Gasteiger partial charge in [0.1, 0.15) is 0 Å². The zero-order valence-electron chi connectivity index (χ0n) is 4.41. The predicted octanol–water partition coefficient (Wildman–Crippen LogP) is -2.85. The molecule has 1 nitrogen and oxygen atoms in total. The van der Waals surface area contributed by atoms with Crippen LogP contribution in [0.1, 0.15) is 19.8 Å². The second-order valence-electron chi connectivity index (χ2n) is 1.06. The molecule has 0 aromatic carbocycles. The first kappa shape index (κ1) is 15.7. The summed E-state index contributed by atoms with van der Waals surface area (Å²) in [6, 6.07) is 0. The molecule has 0 aromatic rings. The van der Waals surface area contributed by atoms with Gasteiger partial charge in [-0.25, -0.2) is 0 Å². The summed E-state index contributed by atoms with van der Waals surface area (Å²) in [6.45, 7) is 2.11. The Bertz CT molecular complexity index is 19.2. The van der Waals surface area contributed by atoms with Gasteiger partial charge >= 0.3 is 21.7 Å². The molecule has 0 aliphatic rings. The quantitative estimate of drug-likeness (QED) is 0.395. The zero-order chi connectivity index (χ0) is 4.12. The van der Waals surface area contributed by atoms with Crippen LogP contribution in [0.3, 0.4) is 0 Å². The van der Waals surface area contributed by atoms with Crippen molar-refractivity contribution in [1.82, 2.24) is 0 Å². The van der Waals surface area contributed by atoms with Crippen LogP contribution in [0.2, 0.25) is 0 Å². The molecule has 0 aliphatic heterocycles. The molecule has 0 bridgehead atoms. The van der Waals surface area contributed by atoms with E-state index in [9.17, 15) is 5.11 Å². The number of unbranched alkanes of at least 4 members (excludes halogenated alkanes) is 1. The Morgan fingerprint density at radius 1 is 1.43 bits per heavy atom. The zero-order valence-corrected chi connectivity index (χ0v) is 6.73. The summed E-state index contributed by atoms with van der Waals surface area (Å²) in [5, 5.41) is 9.53. The third-order valence-electron chi connectivity index (χ3n) is 0.498. The third kappa shape index (κ3) is 19.5. The average molecular weight is 156 g/mol. The topological polar surface area (TPSA) is 23.1 Å². The largest absolute Gasteiger partial charge is 2.00 e. The number of hydrogen-bond donors (Lipinski definition) is 0. The van der Waals surface area contributed by atoms with Gasteiger partial charge in [0.2, 0.25) is 0 Å². The maximum absolute atomic E-state index is 9.53. The summed E-state index contributed by atoms with van der Waals surface area (Å²) in [6.07, 6.45) is 1.86. The van der Waals surface area contributed by atoms with Crippen molar-refractivity contribution in [1.29, 1.82) is 0 Å². The Balaban J connectivity index is -0.0000000800.